The van der Waals surface area contributed by atoms with Crippen molar-refractivity contribution in [2.45, 2.75) is 89.2 Å². The van der Waals surface area contributed by atoms with Crippen LogP contribution in [0.2, 0.25) is 0 Å². The molecule has 3 heterocycles. The summed E-state index contributed by atoms with van der Waals surface area (Å²) in [5, 5.41) is 21.3. The Morgan fingerprint density at radius 3 is 2.32 bits per heavy atom. The van der Waals surface area contributed by atoms with Gasteiger partial charge in [-0.05, 0) is 41.0 Å². The molecule has 1 aromatic heterocycles. The van der Waals surface area contributed by atoms with Crippen molar-refractivity contribution in [3.63, 3.8) is 0 Å². The average molecular weight is 534 g/mol. The third-order valence-electron chi connectivity index (χ3n) is 8.49. The zero-order valence-electron chi connectivity index (χ0n) is 22.1. The Balaban J connectivity index is 1.78. The molecule has 9 heteroatoms. The van der Waals surface area contributed by atoms with E-state index in [1.807, 2.05) is 27.7 Å². The molecule has 0 radical (unpaired) electrons. The first-order valence-corrected chi connectivity index (χ1v) is 13.2. The van der Waals surface area contributed by atoms with Gasteiger partial charge < -0.3 is 19.7 Å². The number of pyridine rings is 1. The van der Waals surface area contributed by atoms with E-state index >= 15 is 0 Å². The third-order valence-corrected chi connectivity index (χ3v) is 8.49. The second-order valence-corrected chi connectivity index (χ2v) is 11.8. The molecule has 0 saturated carbocycles. The number of rotatable bonds is 4. The predicted molar refractivity (Wildman–Crippen MR) is 133 cm³/mol. The molecule has 1 fully saturated rings. The largest absolute Gasteiger partial charge is 0.481 e. The molecule has 38 heavy (non-hydrogen) atoms. The number of hydrogen-bond acceptors (Lipinski definition) is 5. The zero-order valence-corrected chi connectivity index (χ0v) is 22.1. The average Bonchev–Trinajstić information content (AvgIpc) is 3.14. The Labute approximate surface area is 220 Å². The molecule has 1 aliphatic carbocycles. The van der Waals surface area contributed by atoms with Gasteiger partial charge in [0.05, 0.1) is 29.4 Å². The molecular formula is C29H34F3NO5. The molecule has 1 saturated heterocycles. The minimum Gasteiger partial charge on any atom is -0.481 e. The lowest BCUT2D eigenvalue weighted by Gasteiger charge is -2.44. The number of nitrogens with zero attached hydrogens (tertiary/aromatic N) is 1. The van der Waals surface area contributed by atoms with Crippen LogP contribution in [0.4, 0.5) is 13.2 Å². The van der Waals surface area contributed by atoms with Crippen molar-refractivity contribution in [2.24, 2.45) is 5.41 Å². The van der Waals surface area contributed by atoms with E-state index in [2.05, 4.69) is 0 Å². The molecule has 2 aliphatic heterocycles. The highest BCUT2D eigenvalue weighted by Crippen LogP contribution is 2.60. The summed E-state index contributed by atoms with van der Waals surface area (Å²) >= 11 is 0. The molecule has 206 valence electrons. The van der Waals surface area contributed by atoms with E-state index in [-0.39, 0.29) is 12.3 Å². The fraction of sp³-hybridized carbons (Fsp3) is 0.586. The number of halogens is 3. The molecule has 3 atom stereocenters. The normalized spacial score (nSPS) is 25.9. The monoisotopic (exact) mass is 533 g/mol. The number of aliphatic hydroxyl groups excluding tert-OH is 1. The van der Waals surface area contributed by atoms with Gasteiger partial charge in [0, 0.05) is 48.8 Å². The lowest BCUT2D eigenvalue weighted by atomic mass is 9.63. The topological polar surface area (TPSA) is 88.9 Å². The zero-order chi connectivity index (χ0) is 27.6. The highest BCUT2D eigenvalue weighted by Gasteiger charge is 2.54. The first-order chi connectivity index (χ1) is 17.7. The van der Waals surface area contributed by atoms with Gasteiger partial charge in [-0.2, -0.15) is 13.2 Å². The molecular weight excluding hydrogens is 499 g/mol. The molecule has 5 rings (SSSR count). The lowest BCUT2D eigenvalue weighted by molar-refractivity contribution is -0.139. The SMILES string of the molecule is CC(C)c1nc2c(c3c1[C@@H](c1ccc(C(F)(F)F)cc1)OC31CCOCC1)[C@@H](O)CC(C)(C)[C@H]2CC(=O)O. The molecule has 0 unspecified atom stereocenters. The van der Waals surface area contributed by atoms with Gasteiger partial charge in [-0.15, -0.1) is 0 Å². The van der Waals surface area contributed by atoms with Gasteiger partial charge in [0.25, 0.3) is 0 Å². The van der Waals surface area contributed by atoms with Crippen LogP contribution in [0.25, 0.3) is 0 Å². The quantitative estimate of drug-likeness (QED) is 0.475. The number of aliphatic carboxylic acids is 1. The Kier molecular flexibility index (Phi) is 6.64. The maximum Gasteiger partial charge on any atom is 0.416 e. The second kappa shape index (κ2) is 9.31. The van der Waals surface area contributed by atoms with Crippen molar-refractivity contribution < 1.29 is 37.7 Å². The van der Waals surface area contributed by atoms with Crippen molar-refractivity contribution in [1.29, 1.82) is 0 Å². The van der Waals surface area contributed by atoms with Gasteiger partial charge in [0.2, 0.25) is 0 Å². The smallest absolute Gasteiger partial charge is 0.416 e. The van der Waals surface area contributed by atoms with Gasteiger partial charge in [0.1, 0.15) is 6.10 Å². The minimum absolute atomic E-state index is 0.0720. The van der Waals surface area contributed by atoms with Crippen LogP contribution in [0.1, 0.15) is 117 Å². The summed E-state index contributed by atoms with van der Waals surface area (Å²) in [7, 11) is 0. The van der Waals surface area contributed by atoms with Crippen LogP contribution in [-0.4, -0.2) is 34.4 Å². The number of hydrogen-bond donors (Lipinski definition) is 2. The summed E-state index contributed by atoms with van der Waals surface area (Å²) in [6.45, 7) is 8.78. The number of carboxylic acids is 1. The van der Waals surface area contributed by atoms with E-state index in [1.54, 1.807) is 0 Å². The molecule has 6 nitrogen and oxygen atoms in total. The van der Waals surface area contributed by atoms with Crippen LogP contribution < -0.4 is 0 Å². The van der Waals surface area contributed by atoms with E-state index in [0.29, 0.717) is 49.3 Å². The predicted octanol–water partition coefficient (Wildman–Crippen LogP) is 6.37. The Morgan fingerprint density at radius 2 is 1.76 bits per heavy atom. The molecule has 1 spiro atoms. The summed E-state index contributed by atoms with van der Waals surface area (Å²) < 4.78 is 52.3. The first kappa shape index (κ1) is 27.1. The highest BCUT2D eigenvalue weighted by molar-refractivity contribution is 5.69. The molecule has 0 bridgehead atoms. The van der Waals surface area contributed by atoms with Gasteiger partial charge in [-0.3, -0.25) is 9.78 Å². The van der Waals surface area contributed by atoms with E-state index in [0.717, 1.165) is 29.0 Å². The lowest BCUT2D eigenvalue weighted by Crippen LogP contribution is -2.39. The van der Waals surface area contributed by atoms with Gasteiger partial charge in [0.15, 0.2) is 0 Å². The van der Waals surface area contributed by atoms with Crippen molar-refractivity contribution in [1.82, 2.24) is 4.98 Å². The van der Waals surface area contributed by atoms with E-state index in [4.69, 9.17) is 14.5 Å². The van der Waals surface area contributed by atoms with Crippen LogP contribution in [0.3, 0.4) is 0 Å². The number of carboxylic acid groups (broad SMARTS) is 1. The van der Waals surface area contributed by atoms with Crippen LogP contribution >= 0.6 is 0 Å². The van der Waals surface area contributed by atoms with Crippen LogP contribution in [-0.2, 0) is 26.0 Å². The van der Waals surface area contributed by atoms with E-state index in [9.17, 15) is 28.2 Å². The molecule has 2 aromatic rings. The molecule has 2 N–H and O–H groups in total. The first-order valence-electron chi connectivity index (χ1n) is 13.2. The summed E-state index contributed by atoms with van der Waals surface area (Å²) in [6, 6.07) is 5.03. The fourth-order valence-corrected chi connectivity index (χ4v) is 6.61. The number of ether oxygens (including phenoxy) is 2. The van der Waals surface area contributed by atoms with Crippen molar-refractivity contribution in [3.05, 3.63) is 63.5 Å². The summed E-state index contributed by atoms with van der Waals surface area (Å²) in [6.07, 6.45) is -4.70. The highest BCUT2D eigenvalue weighted by atomic mass is 19.4. The fourth-order valence-electron chi connectivity index (χ4n) is 6.61. The van der Waals surface area contributed by atoms with E-state index in [1.165, 1.54) is 12.1 Å². The standard InChI is InChI=1S/C29H34F3NO5/c1-15(2)24-22-23(21-19(34)14-27(3,4)18(13-20(35)36)25(21)33-24)28(9-11-37-12-10-28)38-26(22)16-5-7-17(8-6-16)29(30,31)32/h5-8,15,18-19,26,34H,9-14H2,1-4H3,(H,35,36)/t18-,19-,26+/m0/s1. The van der Waals surface area contributed by atoms with Gasteiger partial charge >= 0.3 is 12.1 Å². The summed E-state index contributed by atoms with van der Waals surface area (Å²) in [4.78, 5) is 17.0. The third kappa shape index (κ3) is 4.42. The maximum atomic E-state index is 13.3. The molecule has 3 aliphatic rings. The van der Waals surface area contributed by atoms with Gasteiger partial charge in [-0.1, -0.05) is 39.8 Å². The van der Waals surface area contributed by atoms with Crippen LogP contribution in [0, 0.1) is 5.41 Å². The van der Waals surface area contributed by atoms with Gasteiger partial charge in [-0.25, -0.2) is 0 Å². The number of alkyl halides is 3. The number of aromatic nitrogens is 1. The van der Waals surface area contributed by atoms with E-state index < -0.39 is 46.9 Å². The number of benzene rings is 1. The second-order valence-electron chi connectivity index (χ2n) is 11.8. The maximum absolute atomic E-state index is 13.3. The van der Waals surface area contributed by atoms with Crippen molar-refractivity contribution >= 4 is 5.97 Å². The number of fused-ring (bicyclic) bond motifs is 4. The number of carbonyl (C=O) groups is 1. The Hall–Kier alpha value is -2.49. The molecule has 0 amide bonds. The summed E-state index contributed by atoms with van der Waals surface area (Å²) in [5.41, 5.74) is 2.11. The minimum atomic E-state index is -4.45. The van der Waals surface area contributed by atoms with Crippen LogP contribution in [0.15, 0.2) is 24.3 Å². The number of aliphatic hydroxyl groups is 1. The Bertz CT molecular complexity index is 1230. The Morgan fingerprint density at radius 1 is 1.13 bits per heavy atom. The summed E-state index contributed by atoms with van der Waals surface area (Å²) in [5.74, 6) is -1.42. The molecule has 1 aromatic carbocycles. The van der Waals surface area contributed by atoms with Crippen molar-refractivity contribution in [2.75, 3.05) is 13.2 Å². The van der Waals surface area contributed by atoms with Crippen LogP contribution in [0.5, 0.6) is 0 Å². The van der Waals surface area contributed by atoms with Crippen molar-refractivity contribution in [3.8, 4) is 0 Å².